The maximum atomic E-state index is 12.2. The first-order valence-electron chi connectivity index (χ1n) is 6.55. The fourth-order valence-corrected chi connectivity index (χ4v) is 2.52. The second kappa shape index (κ2) is 6.88. The summed E-state index contributed by atoms with van der Waals surface area (Å²) >= 11 is 6.17. The Morgan fingerprint density at radius 2 is 1.75 bits per heavy atom. The van der Waals surface area contributed by atoms with Crippen molar-refractivity contribution in [2.45, 2.75) is 31.3 Å². The molecule has 2 rings (SSSR count). The molecule has 1 aliphatic heterocycles. The van der Waals surface area contributed by atoms with Crippen molar-refractivity contribution in [3.63, 3.8) is 0 Å². The average Bonchev–Trinajstić information content (AvgIpc) is 2.47. The van der Waals surface area contributed by atoms with Gasteiger partial charge in [0.05, 0.1) is 0 Å². The van der Waals surface area contributed by atoms with Gasteiger partial charge in [0.2, 0.25) is 5.91 Å². The molecule has 0 spiro atoms. The van der Waals surface area contributed by atoms with Crippen LogP contribution in [0.4, 0.5) is 8.78 Å². The summed E-state index contributed by atoms with van der Waals surface area (Å²) in [4.78, 5) is 14.0. The van der Waals surface area contributed by atoms with E-state index in [4.69, 9.17) is 11.6 Å². The van der Waals surface area contributed by atoms with Crippen LogP contribution < -0.4 is 4.74 Å². The van der Waals surface area contributed by atoms with Crippen LogP contribution >= 0.6 is 11.6 Å². The summed E-state index contributed by atoms with van der Waals surface area (Å²) < 4.78 is 28.3. The van der Waals surface area contributed by atoms with E-state index in [1.165, 1.54) is 24.3 Å². The minimum atomic E-state index is -2.86. The van der Waals surface area contributed by atoms with Crippen LogP contribution in [0, 0.1) is 0 Å². The zero-order valence-electron chi connectivity index (χ0n) is 10.9. The first-order valence-corrected chi connectivity index (χ1v) is 6.99. The molecule has 1 unspecified atom stereocenters. The number of halogens is 3. The Hall–Kier alpha value is -1.36. The number of nitrogens with zero attached hydrogens (tertiary/aromatic N) is 1. The minimum Gasteiger partial charge on any atom is -0.435 e. The number of amides is 1. The molecule has 0 bridgehead atoms. The molecule has 0 aromatic heterocycles. The topological polar surface area (TPSA) is 29.5 Å². The van der Waals surface area contributed by atoms with Crippen LogP contribution in [0.25, 0.3) is 0 Å². The number of ether oxygens (including phenoxy) is 1. The highest BCUT2D eigenvalue weighted by atomic mass is 35.5. The van der Waals surface area contributed by atoms with E-state index in [-0.39, 0.29) is 11.7 Å². The molecule has 1 saturated heterocycles. The van der Waals surface area contributed by atoms with E-state index in [0.29, 0.717) is 5.56 Å². The second-order valence-corrected chi connectivity index (χ2v) is 5.13. The van der Waals surface area contributed by atoms with Crippen molar-refractivity contribution >= 4 is 17.5 Å². The van der Waals surface area contributed by atoms with Gasteiger partial charge in [-0.2, -0.15) is 8.78 Å². The van der Waals surface area contributed by atoms with Crippen LogP contribution in [0.5, 0.6) is 5.75 Å². The monoisotopic (exact) mass is 303 g/mol. The number of carbonyl (C=O) groups is 1. The zero-order valence-corrected chi connectivity index (χ0v) is 11.7. The summed E-state index contributed by atoms with van der Waals surface area (Å²) in [5.41, 5.74) is 0.587. The molecule has 6 heteroatoms. The van der Waals surface area contributed by atoms with E-state index < -0.39 is 12.0 Å². The molecule has 110 valence electrons. The molecule has 1 amide bonds. The molecule has 1 aromatic carbocycles. The number of hydrogen-bond acceptors (Lipinski definition) is 2. The predicted octanol–water partition coefficient (Wildman–Crippen LogP) is 3.58. The Bertz CT molecular complexity index is 447. The Balaban J connectivity index is 2.00. The third-order valence-corrected chi connectivity index (χ3v) is 3.72. The van der Waals surface area contributed by atoms with Gasteiger partial charge >= 0.3 is 6.61 Å². The number of alkyl halides is 3. The molecule has 0 radical (unpaired) electrons. The fraction of sp³-hybridized carbons (Fsp3) is 0.500. The molecule has 1 fully saturated rings. The number of piperidine rings is 1. The van der Waals surface area contributed by atoms with Crippen molar-refractivity contribution in [1.82, 2.24) is 4.90 Å². The number of rotatable bonds is 4. The highest BCUT2D eigenvalue weighted by Gasteiger charge is 2.25. The van der Waals surface area contributed by atoms with Gasteiger partial charge in [-0.15, -0.1) is 11.6 Å². The SMILES string of the molecule is O=C(C(Cl)c1ccc(OC(F)F)cc1)N1CCCCC1. The van der Waals surface area contributed by atoms with Crippen LogP contribution in [0.2, 0.25) is 0 Å². The molecule has 0 aliphatic carbocycles. The van der Waals surface area contributed by atoms with Gasteiger partial charge in [0.25, 0.3) is 0 Å². The molecule has 20 heavy (non-hydrogen) atoms. The third kappa shape index (κ3) is 3.82. The minimum absolute atomic E-state index is 0.0537. The Morgan fingerprint density at radius 1 is 1.15 bits per heavy atom. The van der Waals surface area contributed by atoms with Crippen LogP contribution in [0.3, 0.4) is 0 Å². The van der Waals surface area contributed by atoms with Gasteiger partial charge < -0.3 is 9.64 Å². The van der Waals surface area contributed by atoms with E-state index in [1.54, 1.807) is 4.90 Å². The summed E-state index contributed by atoms with van der Waals surface area (Å²) in [6.45, 7) is -1.40. The lowest BCUT2D eigenvalue weighted by molar-refractivity contribution is -0.131. The first kappa shape index (κ1) is 15.0. The van der Waals surface area contributed by atoms with Crippen molar-refractivity contribution in [2.75, 3.05) is 13.1 Å². The largest absolute Gasteiger partial charge is 0.435 e. The van der Waals surface area contributed by atoms with Gasteiger partial charge in [0, 0.05) is 13.1 Å². The summed E-state index contributed by atoms with van der Waals surface area (Å²) in [5.74, 6) is -0.0769. The maximum absolute atomic E-state index is 12.2. The number of hydrogen-bond donors (Lipinski definition) is 0. The summed E-state index contributed by atoms with van der Waals surface area (Å²) in [7, 11) is 0. The lowest BCUT2D eigenvalue weighted by atomic mass is 10.1. The smallest absolute Gasteiger partial charge is 0.387 e. The first-order chi connectivity index (χ1) is 9.58. The van der Waals surface area contributed by atoms with Gasteiger partial charge in [-0.3, -0.25) is 4.79 Å². The fourth-order valence-electron chi connectivity index (χ4n) is 2.24. The third-order valence-electron chi connectivity index (χ3n) is 3.28. The van der Waals surface area contributed by atoms with E-state index >= 15 is 0 Å². The molecular weight excluding hydrogens is 288 g/mol. The maximum Gasteiger partial charge on any atom is 0.387 e. The summed E-state index contributed by atoms with van der Waals surface area (Å²) in [6.07, 6.45) is 3.13. The number of likely N-dealkylation sites (tertiary alicyclic amines) is 1. The lowest BCUT2D eigenvalue weighted by Crippen LogP contribution is -2.37. The van der Waals surface area contributed by atoms with Gasteiger partial charge in [0.15, 0.2) is 0 Å². The molecule has 3 nitrogen and oxygen atoms in total. The molecule has 1 heterocycles. The molecule has 0 saturated carbocycles. The Labute approximate surface area is 121 Å². The quantitative estimate of drug-likeness (QED) is 0.796. The van der Waals surface area contributed by atoms with Crippen molar-refractivity contribution in [3.8, 4) is 5.75 Å². The predicted molar refractivity (Wildman–Crippen MR) is 72.1 cm³/mol. The van der Waals surface area contributed by atoms with Crippen LogP contribution in [-0.2, 0) is 4.79 Å². The van der Waals surface area contributed by atoms with E-state index in [2.05, 4.69) is 4.74 Å². The van der Waals surface area contributed by atoms with Gasteiger partial charge in [-0.05, 0) is 37.0 Å². The highest BCUT2D eigenvalue weighted by Crippen LogP contribution is 2.26. The molecular formula is C14H16ClF2NO2. The van der Waals surface area contributed by atoms with E-state index in [0.717, 1.165) is 32.4 Å². The molecule has 1 aliphatic rings. The van der Waals surface area contributed by atoms with Crippen molar-refractivity contribution in [3.05, 3.63) is 29.8 Å². The van der Waals surface area contributed by atoms with Crippen molar-refractivity contribution < 1.29 is 18.3 Å². The lowest BCUT2D eigenvalue weighted by Gasteiger charge is -2.28. The van der Waals surface area contributed by atoms with E-state index in [9.17, 15) is 13.6 Å². The Kier molecular flexibility index (Phi) is 5.17. The van der Waals surface area contributed by atoms with E-state index in [1.807, 2.05) is 0 Å². The molecule has 1 aromatic rings. The van der Waals surface area contributed by atoms with Gasteiger partial charge in [0.1, 0.15) is 11.1 Å². The van der Waals surface area contributed by atoms with Gasteiger partial charge in [-0.1, -0.05) is 12.1 Å². The van der Waals surface area contributed by atoms with Crippen molar-refractivity contribution in [2.24, 2.45) is 0 Å². The van der Waals surface area contributed by atoms with Crippen LogP contribution in [0.1, 0.15) is 30.2 Å². The standard InChI is InChI=1S/C14H16ClF2NO2/c15-12(13(19)18-8-2-1-3-9-18)10-4-6-11(7-5-10)20-14(16)17/h4-7,12,14H,1-3,8-9H2. The molecule has 0 N–H and O–H groups in total. The number of benzene rings is 1. The zero-order chi connectivity index (χ0) is 14.5. The van der Waals surface area contributed by atoms with Crippen LogP contribution in [-0.4, -0.2) is 30.5 Å². The van der Waals surface area contributed by atoms with Crippen molar-refractivity contribution in [1.29, 1.82) is 0 Å². The second-order valence-electron chi connectivity index (χ2n) is 4.70. The molecule has 1 atom stereocenters. The normalized spacial score (nSPS) is 17.1. The summed E-state index contributed by atoms with van der Waals surface area (Å²) in [5, 5.41) is -0.784. The Morgan fingerprint density at radius 3 is 2.30 bits per heavy atom. The number of carbonyl (C=O) groups excluding carboxylic acids is 1. The average molecular weight is 304 g/mol. The van der Waals surface area contributed by atoms with Gasteiger partial charge in [-0.25, -0.2) is 0 Å². The van der Waals surface area contributed by atoms with Crippen LogP contribution in [0.15, 0.2) is 24.3 Å². The summed E-state index contributed by atoms with van der Waals surface area (Å²) in [6, 6.07) is 5.86. The highest BCUT2D eigenvalue weighted by molar-refractivity contribution is 6.30.